The van der Waals surface area contributed by atoms with Crippen molar-refractivity contribution >= 4 is 22.6 Å². The summed E-state index contributed by atoms with van der Waals surface area (Å²) in [6.07, 6.45) is 1.90. The number of rotatable bonds is 6. The van der Waals surface area contributed by atoms with Crippen molar-refractivity contribution in [1.82, 2.24) is 0 Å². The molecule has 0 aliphatic carbocycles. The summed E-state index contributed by atoms with van der Waals surface area (Å²) >= 11 is 0. The summed E-state index contributed by atoms with van der Waals surface area (Å²) in [4.78, 5) is 27.8. The maximum atomic E-state index is 13.1. The van der Waals surface area contributed by atoms with E-state index < -0.39 is 0 Å². The molecule has 0 fully saturated rings. The van der Waals surface area contributed by atoms with Crippen molar-refractivity contribution in [2.24, 2.45) is 0 Å². The molecule has 3 aromatic carbocycles. The van der Waals surface area contributed by atoms with Crippen molar-refractivity contribution in [3.63, 3.8) is 0 Å². The van der Waals surface area contributed by atoms with Crippen LogP contribution in [0.5, 0.6) is 17.2 Å². The molecule has 4 aromatic rings. The standard InChI is InChI=1S/C30H29NO5/c1-19(2)21-10-12-23(13-11-21)36-30-20(3)35-27-17-24(14-15-25(27)29(30)33)34-18-28(32)31-16-6-8-22-7-4-5-9-26(22)31/h4-5,7,9-15,17,19H,6,8,16,18H2,1-3H3. The molecule has 5 rings (SSSR count). The molecule has 0 unspecified atom stereocenters. The fourth-order valence-electron chi connectivity index (χ4n) is 4.53. The van der Waals surface area contributed by atoms with Gasteiger partial charge in [0.2, 0.25) is 11.2 Å². The van der Waals surface area contributed by atoms with E-state index in [9.17, 15) is 9.59 Å². The first-order valence-electron chi connectivity index (χ1n) is 12.3. The van der Waals surface area contributed by atoms with E-state index in [1.165, 1.54) is 11.1 Å². The molecule has 0 spiro atoms. The van der Waals surface area contributed by atoms with E-state index in [0.29, 0.717) is 40.7 Å². The van der Waals surface area contributed by atoms with Crippen LogP contribution in [-0.2, 0) is 11.2 Å². The maximum Gasteiger partial charge on any atom is 0.264 e. The predicted octanol–water partition coefficient (Wildman–Crippen LogP) is 6.38. The van der Waals surface area contributed by atoms with Gasteiger partial charge in [-0.3, -0.25) is 9.59 Å². The number of ether oxygens (including phenoxy) is 2. The number of carbonyl (C=O) groups excluding carboxylic acids is 1. The Balaban J connectivity index is 1.32. The third-order valence-electron chi connectivity index (χ3n) is 6.53. The first-order chi connectivity index (χ1) is 17.4. The van der Waals surface area contributed by atoms with Crippen molar-refractivity contribution < 1.29 is 18.7 Å². The Morgan fingerprint density at radius 1 is 1.03 bits per heavy atom. The minimum absolute atomic E-state index is 0.101. The monoisotopic (exact) mass is 483 g/mol. The lowest BCUT2D eigenvalue weighted by molar-refractivity contribution is -0.120. The Labute approximate surface area is 210 Å². The van der Waals surface area contributed by atoms with Gasteiger partial charge >= 0.3 is 0 Å². The summed E-state index contributed by atoms with van der Waals surface area (Å²) in [6.45, 7) is 6.52. The molecule has 0 atom stereocenters. The van der Waals surface area contributed by atoms with Crippen LogP contribution < -0.4 is 19.8 Å². The van der Waals surface area contributed by atoms with E-state index in [4.69, 9.17) is 13.9 Å². The van der Waals surface area contributed by atoms with E-state index in [1.807, 2.05) is 42.5 Å². The van der Waals surface area contributed by atoms with Crippen LogP contribution in [-0.4, -0.2) is 19.1 Å². The SMILES string of the molecule is Cc1oc2cc(OCC(=O)N3CCCc4ccccc43)ccc2c(=O)c1Oc1ccc(C(C)C)cc1. The fraction of sp³-hybridized carbons (Fsp3) is 0.267. The topological polar surface area (TPSA) is 69.0 Å². The summed E-state index contributed by atoms with van der Waals surface area (Å²) < 4.78 is 17.6. The van der Waals surface area contributed by atoms with E-state index >= 15 is 0 Å². The van der Waals surface area contributed by atoms with Crippen LogP contribution in [0.25, 0.3) is 11.0 Å². The quantitative estimate of drug-likeness (QED) is 0.318. The van der Waals surface area contributed by atoms with E-state index in [0.717, 1.165) is 18.5 Å². The highest BCUT2D eigenvalue weighted by molar-refractivity contribution is 5.95. The zero-order valence-electron chi connectivity index (χ0n) is 20.7. The summed E-state index contributed by atoms with van der Waals surface area (Å²) in [5, 5.41) is 0.387. The number of hydrogen-bond acceptors (Lipinski definition) is 5. The molecular weight excluding hydrogens is 454 g/mol. The zero-order chi connectivity index (χ0) is 25.2. The van der Waals surface area contributed by atoms with Gasteiger partial charge in [0.25, 0.3) is 5.91 Å². The molecule has 6 heteroatoms. The summed E-state index contributed by atoms with van der Waals surface area (Å²) in [5.41, 5.74) is 3.44. The number of benzene rings is 3. The third kappa shape index (κ3) is 4.71. The van der Waals surface area contributed by atoms with Gasteiger partial charge in [-0.2, -0.15) is 0 Å². The first kappa shape index (κ1) is 23.7. The number of anilines is 1. The molecule has 0 N–H and O–H groups in total. The van der Waals surface area contributed by atoms with Crippen molar-refractivity contribution in [2.45, 2.75) is 39.5 Å². The van der Waals surface area contributed by atoms with E-state index in [-0.39, 0.29) is 23.7 Å². The van der Waals surface area contributed by atoms with Gasteiger partial charge in [-0.1, -0.05) is 44.2 Å². The number of para-hydroxylation sites is 1. The normalized spacial score (nSPS) is 13.1. The highest BCUT2D eigenvalue weighted by Gasteiger charge is 2.22. The van der Waals surface area contributed by atoms with Gasteiger partial charge in [0, 0.05) is 18.3 Å². The number of amides is 1. The Kier molecular flexibility index (Phi) is 6.51. The van der Waals surface area contributed by atoms with Crippen LogP contribution in [0.1, 0.15) is 43.1 Å². The molecule has 0 bridgehead atoms. The lowest BCUT2D eigenvalue weighted by Gasteiger charge is -2.29. The molecule has 2 heterocycles. The number of nitrogens with zero attached hydrogens (tertiary/aromatic N) is 1. The average molecular weight is 484 g/mol. The molecule has 0 saturated carbocycles. The molecule has 184 valence electrons. The van der Waals surface area contributed by atoms with Crippen molar-refractivity contribution in [2.75, 3.05) is 18.1 Å². The molecular formula is C30H29NO5. The van der Waals surface area contributed by atoms with Crippen LogP contribution in [0.4, 0.5) is 5.69 Å². The largest absolute Gasteiger partial charge is 0.484 e. The molecule has 6 nitrogen and oxygen atoms in total. The van der Waals surface area contributed by atoms with E-state index in [1.54, 1.807) is 30.0 Å². The minimum atomic E-state index is -0.255. The summed E-state index contributed by atoms with van der Waals surface area (Å²) in [7, 11) is 0. The second-order valence-corrected chi connectivity index (χ2v) is 9.37. The Morgan fingerprint density at radius 3 is 2.56 bits per heavy atom. The Morgan fingerprint density at radius 2 is 1.78 bits per heavy atom. The van der Waals surface area contributed by atoms with Crippen LogP contribution in [0.15, 0.2) is 75.9 Å². The van der Waals surface area contributed by atoms with Crippen LogP contribution in [0.2, 0.25) is 0 Å². The van der Waals surface area contributed by atoms with Crippen LogP contribution in [0, 0.1) is 6.92 Å². The Bertz CT molecular complexity index is 1470. The van der Waals surface area contributed by atoms with Gasteiger partial charge < -0.3 is 18.8 Å². The second kappa shape index (κ2) is 9.90. The molecule has 1 aliphatic rings. The number of aryl methyl sites for hydroxylation is 2. The van der Waals surface area contributed by atoms with Gasteiger partial charge in [0.15, 0.2) is 6.61 Å². The Hall–Kier alpha value is -4.06. The van der Waals surface area contributed by atoms with Crippen LogP contribution >= 0.6 is 0 Å². The molecule has 1 aromatic heterocycles. The number of fused-ring (bicyclic) bond motifs is 2. The molecule has 36 heavy (non-hydrogen) atoms. The van der Waals surface area contributed by atoms with Crippen molar-refractivity contribution in [3.8, 4) is 17.2 Å². The molecule has 0 saturated heterocycles. The average Bonchev–Trinajstić information content (AvgIpc) is 2.89. The highest BCUT2D eigenvalue weighted by atomic mass is 16.5. The molecule has 1 amide bonds. The van der Waals surface area contributed by atoms with Crippen molar-refractivity contribution in [3.05, 3.63) is 93.8 Å². The van der Waals surface area contributed by atoms with Gasteiger partial charge in [0.1, 0.15) is 22.8 Å². The lowest BCUT2D eigenvalue weighted by atomic mass is 10.0. The number of hydrogen-bond donors (Lipinski definition) is 0. The highest BCUT2D eigenvalue weighted by Crippen LogP contribution is 2.29. The van der Waals surface area contributed by atoms with Crippen LogP contribution in [0.3, 0.4) is 0 Å². The van der Waals surface area contributed by atoms with E-state index in [2.05, 4.69) is 19.9 Å². The first-order valence-corrected chi connectivity index (χ1v) is 12.3. The lowest BCUT2D eigenvalue weighted by Crippen LogP contribution is -2.38. The predicted molar refractivity (Wildman–Crippen MR) is 140 cm³/mol. The smallest absolute Gasteiger partial charge is 0.264 e. The maximum absolute atomic E-state index is 13.1. The zero-order valence-corrected chi connectivity index (χ0v) is 20.7. The van der Waals surface area contributed by atoms with Gasteiger partial charge in [-0.05, 0) is 67.1 Å². The van der Waals surface area contributed by atoms with Gasteiger partial charge in [-0.25, -0.2) is 0 Å². The fourth-order valence-corrected chi connectivity index (χ4v) is 4.53. The molecule has 1 aliphatic heterocycles. The second-order valence-electron chi connectivity index (χ2n) is 9.37. The molecule has 0 radical (unpaired) electrons. The minimum Gasteiger partial charge on any atom is -0.484 e. The number of carbonyl (C=O) groups is 1. The summed E-state index contributed by atoms with van der Waals surface area (Å²) in [5.74, 6) is 1.88. The van der Waals surface area contributed by atoms with Crippen molar-refractivity contribution in [1.29, 1.82) is 0 Å². The summed E-state index contributed by atoms with van der Waals surface area (Å²) in [6, 6.07) is 20.6. The van der Waals surface area contributed by atoms with Gasteiger partial charge in [-0.15, -0.1) is 0 Å². The third-order valence-corrected chi connectivity index (χ3v) is 6.53. The van der Waals surface area contributed by atoms with Gasteiger partial charge in [0.05, 0.1) is 5.39 Å².